The van der Waals surface area contributed by atoms with Crippen LogP contribution in [0.25, 0.3) is 5.69 Å². The van der Waals surface area contributed by atoms with Gasteiger partial charge in [-0.2, -0.15) is 0 Å². The van der Waals surface area contributed by atoms with E-state index in [1.165, 1.54) is 4.90 Å². The maximum Gasteiger partial charge on any atom is 0.407 e. The van der Waals surface area contributed by atoms with Crippen LogP contribution in [0.15, 0.2) is 18.2 Å². The fraction of sp³-hybridized carbons (Fsp3) is 0.438. The molecule has 0 spiro atoms. The predicted molar refractivity (Wildman–Crippen MR) is 86.4 cm³/mol. The van der Waals surface area contributed by atoms with Gasteiger partial charge in [0, 0.05) is 29.6 Å². The minimum atomic E-state index is -0.859. The van der Waals surface area contributed by atoms with Gasteiger partial charge in [-0.1, -0.05) is 11.6 Å². The highest BCUT2D eigenvalue weighted by atomic mass is 35.5. The Hall–Kier alpha value is -2.12. The van der Waals surface area contributed by atoms with E-state index in [0.29, 0.717) is 31.3 Å². The van der Waals surface area contributed by atoms with Crippen LogP contribution >= 0.6 is 11.6 Å². The molecule has 0 aliphatic carbocycles. The van der Waals surface area contributed by atoms with Gasteiger partial charge in [-0.3, -0.25) is 4.57 Å². The number of likely N-dealkylation sites (tertiary alicyclic amines) is 1. The molecule has 0 bridgehead atoms. The summed E-state index contributed by atoms with van der Waals surface area (Å²) in [6.07, 6.45) is 0.629. The zero-order chi connectivity index (χ0) is 16.7. The highest BCUT2D eigenvalue weighted by Gasteiger charge is 2.29. The number of carbonyl (C=O) groups is 1. The molecule has 1 fully saturated rings. The lowest BCUT2D eigenvalue weighted by Gasteiger charge is -2.29. The molecule has 4 rings (SSSR count). The van der Waals surface area contributed by atoms with Crippen molar-refractivity contribution >= 4 is 17.7 Å². The molecule has 1 saturated heterocycles. The Morgan fingerprint density at radius 2 is 2.04 bits per heavy atom. The van der Waals surface area contributed by atoms with Crippen molar-refractivity contribution < 1.29 is 14.6 Å². The van der Waals surface area contributed by atoms with E-state index in [4.69, 9.17) is 21.4 Å². The molecule has 7 nitrogen and oxygen atoms in total. The standard InChI is InChI=1S/C16H17ClN4O3/c17-12-1-2-13-11(7-12)8-24-9-14-18-19-15(21(13)14)10-3-5-20(6-4-10)16(22)23/h1-2,7,10H,3-6,8-9H2,(H,22,23). The summed E-state index contributed by atoms with van der Waals surface area (Å²) in [5.41, 5.74) is 2.00. The first kappa shape index (κ1) is 15.4. The lowest BCUT2D eigenvalue weighted by Crippen LogP contribution is -2.37. The minimum absolute atomic E-state index is 0.184. The summed E-state index contributed by atoms with van der Waals surface area (Å²) in [7, 11) is 0. The molecule has 0 saturated carbocycles. The lowest BCUT2D eigenvalue weighted by molar-refractivity contribution is 0.105. The average Bonchev–Trinajstić information content (AvgIpc) is 2.91. The van der Waals surface area contributed by atoms with Crippen molar-refractivity contribution in [1.82, 2.24) is 19.7 Å². The fourth-order valence-electron chi connectivity index (χ4n) is 3.42. The van der Waals surface area contributed by atoms with Crippen LogP contribution < -0.4 is 0 Å². The SMILES string of the molecule is O=C(O)N1CCC(c2nnc3n2-c2ccc(Cl)cc2COC3)CC1. The Kier molecular flexibility index (Phi) is 3.90. The van der Waals surface area contributed by atoms with Crippen molar-refractivity contribution in [1.29, 1.82) is 0 Å². The van der Waals surface area contributed by atoms with Crippen LogP contribution in [0.3, 0.4) is 0 Å². The average molecular weight is 349 g/mol. The molecule has 1 aromatic carbocycles. The molecule has 2 aliphatic heterocycles. The monoisotopic (exact) mass is 348 g/mol. The highest BCUT2D eigenvalue weighted by Crippen LogP contribution is 2.32. The van der Waals surface area contributed by atoms with Gasteiger partial charge in [0.05, 0.1) is 12.3 Å². The number of hydrogen-bond acceptors (Lipinski definition) is 4. The van der Waals surface area contributed by atoms with Gasteiger partial charge in [0.25, 0.3) is 0 Å². The van der Waals surface area contributed by atoms with Crippen LogP contribution in [0.5, 0.6) is 0 Å². The minimum Gasteiger partial charge on any atom is -0.465 e. The molecular weight excluding hydrogens is 332 g/mol. The van der Waals surface area contributed by atoms with Crippen molar-refractivity contribution in [3.8, 4) is 5.69 Å². The topological polar surface area (TPSA) is 80.5 Å². The summed E-state index contributed by atoms with van der Waals surface area (Å²) in [5.74, 6) is 1.83. The Labute approximate surface area is 143 Å². The zero-order valence-electron chi connectivity index (χ0n) is 13.0. The van der Waals surface area contributed by atoms with E-state index in [1.807, 2.05) is 18.2 Å². The number of carboxylic acid groups (broad SMARTS) is 1. The van der Waals surface area contributed by atoms with Crippen molar-refractivity contribution in [3.63, 3.8) is 0 Å². The molecular formula is C16H17ClN4O3. The number of piperidine rings is 1. The molecule has 1 amide bonds. The normalized spacial score (nSPS) is 18.0. The van der Waals surface area contributed by atoms with Crippen molar-refractivity contribution in [2.75, 3.05) is 13.1 Å². The molecule has 0 atom stereocenters. The molecule has 1 N–H and O–H groups in total. The van der Waals surface area contributed by atoms with E-state index in [9.17, 15) is 4.79 Å². The molecule has 3 heterocycles. The van der Waals surface area contributed by atoms with E-state index in [1.54, 1.807) is 0 Å². The summed E-state index contributed by atoms with van der Waals surface area (Å²) in [6.45, 7) is 1.92. The second kappa shape index (κ2) is 6.07. The highest BCUT2D eigenvalue weighted by molar-refractivity contribution is 6.30. The van der Waals surface area contributed by atoms with Crippen LogP contribution in [0.2, 0.25) is 5.02 Å². The Balaban J connectivity index is 1.70. The summed E-state index contributed by atoms with van der Waals surface area (Å²) in [5, 5.41) is 18.5. The molecule has 8 heteroatoms. The predicted octanol–water partition coefficient (Wildman–Crippen LogP) is 2.81. The van der Waals surface area contributed by atoms with Crippen LogP contribution in [-0.4, -0.2) is 44.0 Å². The van der Waals surface area contributed by atoms with Gasteiger partial charge >= 0.3 is 6.09 Å². The molecule has 2 aromatic rings. The van der Waals surface area contributed by atoms with Crippen molar-refractivity contribution in [3.05, 3.63) is 40.4 Å². The lowest BCUT2D eigenvalue weighted by atomic mass is 9.96. The van der Waals surface area contributed by atoms with Crippen LogP contribution in [0, 0.1) is 0 Å². The number of ether oxygens (including phenoxy) is 1. The van der Waals surface area contributed by atoms with E-state index >= 15 is 0 Å². The number of nitrogens with zero attached hydrogens (tertiary/aromatic N) is 4. The van der Waals surface area contributed by atoms with Gasteiger partial charge in [-0.25, -0.2) is 4.79 Å². The van der Waals surface area contributed by atoms with Crippen LogP contribution in [0.1, 0.15) is 36.0 Å². The maximum absolute atomic E-state index is 11.1. The van der Waals surface area contributed by atoms with Gasteiger partial charge in [0.2, 0.25) is 0 Å². The molecule has 24 heavy (non-hydrogen) atoms. The largest absolute Gasteiger partial charge is 0.465 e. The first-order chi connectivity index (χ1) is 11.6. The quantitative estimate of drug-likeness (QED) is 0.857. The first-order valence-electron chi connectivity index (χ1n) is 7.92. The third kappa shape index (κ3) is 2.63. The van der Waals surface area contributed by atoms with Crippen LogP contribution in [0.4, 0.5) is 4.79 Å². The first-order valence-corrected chi connectivity index (χ1v) is 8.30. The number of rotatable bonds is 1. The number of amides is 1. The molecule has 126 valence electrons. The summed E-state index contributed by atoms with van der Waals surface area (Å²) in [4.78, 5) is 12.5. The second-order valence-electron chi connectivity index (χ2n) is 6.12. The smallest absolute Gasteiger partial charge is 0.407 e. The van der Waals surface area contributed by atoms with Crippen molar-refractivity contribution in [2.45, 2.75) is 32.0 Å². The maximum atomic E-state index is 11.1. The Bertz CT molecular complexity index is 784. The Morgan fingerprint density at radius 3 is 2.79 bits per heavy atom. The van der Waals surface area contributed by atoms with Gasteiger partial charge in [0.1, 0.15) is 12.4 Å². The summed E-state index contributed by atoms with van der Waals surface area (Å²) >= 11 is 6.11. The summed E-state index contributed by atoms with van der Waals surface area (Å²) in [6, 6.07) is 5.73. The third-order valence-corrected chi connectivity index (χ3v) is 4.89. The van der Waals surface area contributed by atoms with Gasteiger partial charge < -0.3 is 14.7 Å². The number of fused-ring (bicyclic) bond motifs is 3. The fourth-order valence-corrected chi connectivity index (χ4v) is 3.61. The molecule has 0 unspecified atom stereocenters. The summed E-state index contributed by atoms with van der Waals surface area (Å²) < 4.78 is 7.74. The molecule has 2 aliphatic rings. The number of benzene rings is 1. The number of halogens is 1. The molecule has 1 aromatic heterocycles. The van der Waals surface area contributed by atoms with E-state index in [0.717, 1.165) is 35.7 Å². The van der Waals surface area contributed by atoms with Crippen LogP contribution in [-0.2, 0) is 18.0 Å². The van der Waals surface area contributed by atoms with Gasteiger partial charge in [0.15, 0.2) is 5.82 Å². The van der Waals surface area contributed by atoms with E-state index in [2.05, 4.69) is 14.8 Å². The zero-order valence-corrected chi connectivity index (χ0v) is 13.7. The second-order valence-corrected chi connectivity index (χ2v) is 6.56. The van der Waals surface area contributed by atoms with E-state index in [-0.39, 0.29) is 5.92 Å². The van der Waals surface area contributed by atoms with Gasteiger partial charge in [-0.15, -0.1) is 10.2 Å². The molecule has 0 radical (unpaired) electrons. The third-order valence-electron chi connectivity index (χ3n) is 4.66. The number of aromatic nitrogens is 3. The van der Waals surface area contributed by atoms with Gasteiger partial charge in [-0.05, 0) is 31.0 Å². The van der Waals surface area contributed by atoms with Crippen molar-refractivity contribution in [2.24, 2.45) is 0 Å². The Morgan fingerprint density at radius 1 is 1.25 bits per heavy atom. The van der Waals surface area contributed by atoms with E-state index < -0.39 is 6.09 Å². The number of hydrogen-bond donors (Lipinski definition) is 1.